The number of rotatable bonds is 12. The molecule has 0 aliphatic heterocycles. The third kappa shape index (κ3) is 9.17. The molecule has 30 heavy (non-hydrogen) atoms. The van der Waals surface area contributed by atoms with E-state index in [1.54, 1.807) is 30.5 Å². The van der Waals surface area contributed by atoms with Gasteiger partial charge in [0.25, 0.3) is 0 Å². The summed E-state index contributed by atoms with van der Waals surface area (Å²) in [5.41, 5.74) is 3.34. The van der Waals surface area contributed by atoms with E-state index in [-0.39, 0.29) is 17.8 Å². The molecule has 1 N–H and O–H groups in total. The number of carbonyl (C=O) groups is 1. The van der Waals surface area contributed by atoms with Crippen molar-refractivity contribution in [3.8, 4) is 0 Å². The number of nitrogens with zero attached hydrogens (tertiary/aromatic N) is 1. The summed E-state index contributed by atoms with van der Waals surface area (Å²) in [7, 11) is 0. The topological polar surface area (TPSA) is 42.0 Å². The Bertz CT molecular complexity index is 813. The third-order valence-corrected chi connectivity index (χ3v) is 5.02. The first-order chi connectivity index (χ1) is 14.6. The summed E-state index contributed by atoms with van der Waals surface area (Å²) >= 11 is 0. The average molecular weight is 409 g/mol. The van der Waals surface area contributed by atoms with E-state index in [2.05, 4.69) is 23.3 Å². The lowest BCUT2D eigenvalue weighted by atomic mass is 9.99. The molecular formula is C26H33FN2O. The number of carbonyl (C=O) groups excluding carboxylic acids is 1. The third-order valence-electron chi connectivity index (χ3n) is 5.02. The van der Waals surface area contributed by atoms with E-state index in [1.807, 2.05) is 25.3 Å². The highest BCUT2D eigenvalue weighted by Crippen LogP contribution is 2.22. The van der Waals surface area contributed by atoms with Crippen LogP contribution in [-0.4, -0.2) is 16.9 Å². The Labute approximate surface area is 180 Å². The molecule has 0 radical (unpaired) electrons. The monoisotopic (exact) mass is 408 g/mol. The van der Waals surface area contributed by atoms with Crippen molar-refractivity contribution < 1.29 is 9.18 Å². The predicted octanol–water partition coefficient (Wildman–Crippen LogP) is 6.27. The van der Waals surface area contributed by atoms with Crippen molar-refractivity contribution in [1.29, 1.82) is 0 Å². The van der Waals surface area contributed by atoms with E-state index < -0.39 is 0 Å². The van der Waals surface area contributed by atoms with Gasteiger partial charge < -0.3 is 5.32 Å². The summed E-state index contributed by atoms with van der Waals surface area (Å²) in [5, 5.41) is 3.02. The zero-order chi connectivity index (χ0) is 21.6. The minimum atomic E-state index is -0.237. The maximum absolute atomic E-state index is 13.2. The van der Waals surface area contributed by atoms with Crippen molar-refractivity contribution in [1.82, 2.24) is 10.3 Å². The number of unbranched alkanes of at least 4 members (excludes halogenated alkanes) is 2. The van der Waals surface area contributed by atoms with Gasteiger partial charge in [-0.2, -0.15) is 0 Å². The van der Waals surface area contributed by atoms with Crippen LogP contribution in [0.5, 0.6) is 0 Å². The molecule has 0 aliphatic carbocycles. The molecule has 1 aromatic carbocycles. The lowest BCUT2D eigenvalue weighted by molar-refractivity contribution is -0.117. The lowest BCUT2D eigenvalue weighted by Gasteiger charge is -2.12. The Morgan fingerprint density at radius 3 is 2.67 bits per heavy atom. The average Bonchev–Trinajstić information content (AvgIpc) is 2.74. The second kappa shape index (κ2) is 13.5. The Balaban J connectivity index is 1.84. The Hall–Kier alpha value is -2.75. The summed E-state index contributed by atoms with van der Waals surface area (Å²) in [6, 6.07) is 10.7. The highest BCUT2D eigenvalue weighted by Gasteiger charge is 2.05. The first-order valence-corrected chi connectivity index (χ1v) is 10.9. The van der Waals surface area contributed by atoms with Gasteiger partial charge in [-0.1, -0.05) is 50.1 Å². The first-order valence-electron chi connectivity index (χ1n) is 10.9. The van der Waals surface area contributed by atoms with Crippen LogP contribution in [0.15, 0.2) is 67.0 Å². The number of nitrogens with one attached hydrogen (secondary N) is 1. The lowest BCUT2D eigenvalue weighted by Crippen LogP contribution is -2.31. The summed E-state index contributed by atoms with van der Waals surface area (Å²) in [5.74, 6) is -0.328. The molecule has 2 rings (SSSR count). The number of benzene rings is 1. The maximum atomic E-state index is 13.2. The van der Waals surface area contributed by atoms with E-state index in [0.29, 0.717) is 0 Å². The van der Waals surface area contributed by atoms with Crippen LogP contribution in [-0.2, 0) is 11.2 Å². The van der Waals surface area contributed by atoms with Gasteiger partial charge in [-0.05, 0) is 73.9 Å². The molecule has 0 saturated carbocycles. The summed E-state index contributed by atoms with van der Waals surface area (Å²) < 4.78 is 13.2. The second-order valence-electron chi connectivity index (χ2n) is 7.68. The van der Waals surface area contributed by atoms with Gasteiger partial charge in [0.05, 0.1) is 0 Å². The predicted molar refractivity (Wildman–Crippen MR) is 122 cm³/mol. The molecule has 4 heteroatoms. The first kappa shape index (κ1) is 23.5. The fourth-order valence-corrected chi connectivity index (χ4v) is 3.33. The van der Waals surface area contributed by atoms with Crippen molar-refractivity contribution in [3.63, 3.8) is 0 Å². The van der Waals surface area contributed by atoms with E-state index in [4.69, 9.17) is 0 Å². The van der Waals surface area contributed by atoms with Crippen molar-refractivity contribution in [3.05, 3.63) is 84.0 Å². The maximum Gasteiger partial charge on any atom is 0.244 e. The number of hydrogen-bond donors (Lipinski definition) is 1. The van der Waals surface area contributed by atoms with Crippen molar-refractivity contribution in [2.45, 2.75) is 64.8 Å². The number of halogens is 1. The van der Waals surface area contributed by atoms with Crippen molar-refractivity contribution in [2.75, 3.05) is 0 Å². The summed E-state index contributed by atoms with van der Waals surface area (Å²) in [6.07, 6.45) is 16.2. The fourth-order valence-electron chi connectivity index (χ4n) is 3.33. The molecule has 0 aliphatic rings. The van der Waals surface area contributed by atoms with Gasteiger partial charge in [-0.25, -0.2) is 4.39 Å². The van der Waals surface area contributed by atoms with E-state index in [1.165, 1.54) is 17.7 Å². The number of hydrogen-bond acceptors (Lipinski definition) is 2. The highest BCUT2D eigenvalue weighted by molar-refractivity contribution is 5.88. The van der Waals surface area contributed by atoms with Crippen LogP contribution in [0.1, 0.15) is 63.5 Å². The molecule has 1 aromatic heterocycles. The molecule has 160 valence electrons. The quantitative estimate of drug-likeness (QED) is 0.255. The molecule has 0 saturated heterocycles. The molecule has 0 bridgehead atoms. The standard InChI is InChI=1S/C26H33FN2O/c1-3-4-5-12-23(24-15-17-25(27)18-16-24)13-7-14-26(30)29-21(2)9-6-10-22-11-8-19-28-20-22/h7-8,11,13-21H,3-6,9-10,12H2,1-2H3,(H,29,30)/b14-7+,23-13+/t21-/m1/s1. The van der Waals surface area contributed by atoms with Gasteiger partial charge in [0.1, 0.15) is 5.82 Å². The molecule has 2 aromatic rings. The van der Waals surface area contributed by atoms with Crippen molar-refractivity contribution >= 4 is 11.5 Å². The summed E-state index contributed by atoms with van der Waals surface area (Å²) in [6.45, 7) is 4.20. The number of aryl methyl sites for hydroxylation is 1. The normalized spacial score (nSPS) is 12.8. The van der Waals surface area contributed by atoms with Crippen LogP contribution >= 0.6 is 0 Å². The second-order valence-corrected chi connectivity index (χ2v) is 7.68. The number of pyridine rings is 1. The SMILES string of the molecule is CCCCC/C(=C\C=C\C(=O)N[C@H](C)CCCc1cccnc1)c1ccc(F)cc1. The smallest absolute Gasteiger partial charge is 0.244 e. The molecular weight excluding hydrogens is 375 g/mol. The number of allylic oxidation sites excluding steroid dienone is 3. The highest BCUT2D eigenvalue weighted by atomic mass is 19.1. The van der Waals surface area contributed by atoms with Gasteiger partial charge in [0.15, 0.2) is 0 Å². The van der Waals surface area contributed by atoms with Crippen LogP contribution in [0.4, 0.5) is 4.39 Å². The zero-order valence-corrected chi connectivity index (χ0v) is 18.1. The fraction of sp³-hybridized carbons (Fsp3) is 0.385. The Morgan fingerprint density at radius 1 is 1.17 bits per heavy atom. The molecule has 3 nitrogen and oxygen atoms in total. The molecule has 1 atom stereocenters. The zero-order valence-electron chi connectivity index (χ0n) is 18.1. The van der Waals surface area contributed by atoms with E-state index in [9.17, 15) is 9.18 Å². The van der Waals surface area contributed by atoms with Gasteiger partial charge in [-0.15, -0.1) is 0 Å². The van der Waals surface area contributed by atoms with Crippen LogP contribution in [0.2, 0.25) is 0 Å². The largest absolute Gasteiger partial charge is 0.350 e. The van der Waals surface area contributed by atoms with Gasteiger partial charge in [0, 0.05) is 24.5 Å². The van der Waals surface area contributed by atoms with Crippen molar-refractivity contribution in [2.24, 2.45) is 0 Å². The minimum Gasteiger partial charge on any atom is -0.350 e. The van der Waals surface area contributed by atoms with Gasteiger partial charge in [0.2, 0.25) is 5.91 Å². The molecule has 1 heterocycles. The molecule has 0 fully saturated rings. The van der Waals surface area contributed by atoms with Crippen LogP contribution in [0.3, 0.4) is 0 Å². The summed E-state index contributed by atoms with van der Waals surface area (Å²) in [4.78, 5) is 16.3. The number of amides is 1. The number of aromatic nitrogens is 1. The minimum absolute atomic E-state index is 0.0906. The van der Waals surface area contributed by atoms with Crippen LogP contribution in [0, 0.1) is 5.82 Å². The molecule has 0 unspecified atom stereocenters. The van der Waals surface area contributed by atoms with E-state index >= 15 is 0 Å². The molecule has 0 spiro atoms. The Kier molecular flexibility index (Phi) is 10.6. The van der Waals surface area contributed by atoms with Gasteiger partial charge >= 0.3 is 0 Å². The van der Waals surface area contributed by atoms with Crippen LogP contribution in [0.25, 0.3) is 5.57 Å². The molecule has 1 amide bonds. The van der Waals surface area contributed by atoms with Crippen LogP contribution < -0.4 is 5.32 Å². The Morgan fingerprint density at radius 2 is 1.97 bits per heavy atom. The van der Waals surface area contributed by atoms with E-state index in [0.717, 1.165) is 56.1 Å². The van der Waals surface area contributed by atoms with Gasteiger partial charge in [-0.3, -0.25) is 9.78 Å².